The van der Waals surface area contributed by atoms with Crippen LogP contribution in [0.15, 0.2) is 56.7 Å². The van der Waals surface area contributed by atoms with Crippen molar-refractivity contribution in [1.29, 1.82) is 0 Å². The molecule has 0 atom stereocenters. The van der Waals surface area contributed by atoms with Gasteiger partial charge in [-0.15, -0.1) is 0 Å². The van der Waals surface area contributed by atoms with E-state index in [2.05, 4.69) is 20.1 Å². The average Bonchev–Trinajstić information content (AvgIpc) is 3.07. The first-order chi connectivity index (χ1) is 12.1. The molecule has 0 unspecified atom stereocenters. The zero-order valence-electron chi connectivity index (χ0n) is 12.6. The summed E-state index contributed by atoms with van der Waals surface area (Å²) in [6.45, 7) is -0.158. The van der Waals surface area contributed by atoms with Gasteiger partial charge in [0, 0.05) is 16.8 Å². The Morgan fingerprint density at radius 2 is 2.08 bits per heavy atom. The number of benzene rings is 1. The molecule has 4 rings (SSSR count). The molecule has 0 fully saturated rings. The molecule has 9 heteroatoms. The number of H-pyrrole nitrogens is 1. The van der Waals surface area contributed by atoms with E-state index in [1.54, 1.807) is 36.4 Å². The second-order valence-electron chi connectivity index (χ2n) is 5.24. The van der Waals surface area contributed by atoms with Crippen molar-refractivity contribution in [2.75, 3.05) is 0 Å². The summed E-state index contributed by atoms with van der Waals surface area (Å²) in [5.41, 5.74) is 0.106. The third-order valence-corrected chi connectivity index (χ3v) is 3.82. The van der Waals surface area contributed by atoms with Gasteiger partial charge in [-0.25, -0.2) is 14.3 Å². The first-order valence-electron chi connectivity index (χ1n) is 7.28. The molecule has 1 N–H and O–H groups in total. The highest BCUT2D eigenvalue weighted by Crippen LogP contribution is 2.19. The van der Waals surface area contributed by atoms with E-state index >= 15 is 0 Å². The Labute approximate surface area is 144 Å². The predicted octanol–water partition coefficient (Wildman–Crippen LogP) is 1.84. The van der Waals surface area contributed by atoms with Gasteiger partial charge < -0.3 is 9.51 Å². The summed E-state index contributed by atoms with van der Waals surface area (Å²) in [4.78, 5) is 35.4. The van der Waals surface area contributed by atoms with Gasteiger partial charge in [-0.3, -0.25) is 4.79 Å². The maximum atomic E-state index is 12.4. The van der Waals surface area contributed by atoms with Crippen molar-refractivity contribution >= 4 is 22.6 Å². The molecule has 3 heterocycles. The molecule has 8 nitrogen and oxygen atoms in total. The van der Waals surface area contributed by atoms with E-state index in [0.29, 0.717) is 21.9 Å². The lowest BCUT2D eigenvalue weighted by Crippen LogP contribution is -2.35. The van der Waals surface area contributed by atoms with Crippen LogP contribution in [0.25, 0.3) is 22.4 Å². The SMILES string of the molecule is O=c1[nH]c2cccnc2c(=O)n1Cc1nc(-c2cccc(Cl)c2)no1. The topological polar surface area (TPSA) is 107 Å². The fraction of sp³-hybridized carbons (Fsp3) is 0.0625. The first-order valence-corrected chi connectivity index (χ1v) is 7.66. The number of pyridine rings is 1. The molecule has 0 spiro atoms. The van der Waals surface area contributed by atoms with Gasteiger partial charge in [0.1, 0.15) is 6.54 Å². The molecule has 25 heavy (non-hydrogen) atoms. The third-order valence-electron chi connectivity index (χ3n) is 3.59. The maximum Gasteiger partial charge on any atom is 0.329 e. The molecule has 0 radical (unpaired) electrons. The van der Waals surface area contributed by atoms with Crippen LogP contribution in [0.5, 0.6) is 0 Å². The van der Waals surface area contributed by atoms with Gasteiger partial charge in [-0.1, -0.05) is 28.9 Å². The molecule has 1 aromatic carbocycles. The summed E-state index contributed by atoms with van der Waals surface area (Å²) < 4.78 is 6.11. The van der Waals surface area contributed by atoms with Crippen LogP contribution in [0, 0.1) is 0 Å². The molecule has 0 amide bonds. The number of rotatable bonds is 3. The van der Waals surface area contributed by atoms with Gasteiger partial charge in [-0.05, 0) is 24.3 Å². The van der Waals surface area contributed by atoms with Crippen molar-refractivity contribution in [3.8, 4) is 11.4 Å². The van der Waals surface area contributed by atoms with Crippen LogP contribution >= 0.6 is 11.6 Å². The van der Waals surface area contributed by atoms with Crippen LogP contribution in [0.4, 0.5) is 0 Å². The highest BCUT2D eigenvalue weighted by molar-refractivity contribution is 6.30. The zero-order chi connectivity index (χ0) is 17.4. The summed E-state index contributed by atoms with van der Waals surface area (Å²) in [7, 11) is 0. The summed E-state index contributed by atoms with van der Waals surface area (Å²) >= 11 is 5.94. The largest absolute Gasteiger partial charge is 0.337 e. The monoisotopic (exact) mass is 355 g/mol. The summed E-state index contributed by atoms with van der Waals surface area (Å²) in [6, 6.07) is 10.2. The van der Waals surface area contributed by atoms with Crippen LogP contribution in [-0.2, 0) is 6.54 Å². The zero-order valence-corrected chi connectivity index (χ0v) is 13.4. The number of halogens is 1. The predicted molar refractivity (Wildman–Crippen MR) is 90.5 cm³/mol. The normalized spacial score (nSPS) is 11.1. The average molecular weight is 356 g/mol. The van der Waals surface area contributed by atoms with Crippen LogP contribution in [0.2, 0.25) is 5.02 Å². The maximum absolute atomic E-state index is 12.4. The molecule has 0 saturated heterocycles. The molecule has 124 valence electrons. The Morgan fingerprint density at radius 1 is 1.20 bits per heavy atom. The van der Waals surface area contributed by atoms with Crippen molar-refractivity contribution in [2.45, 2.75) is 6.54 Å². The number of hydrogen-bond acceptors (Lipinski definition) is 6. The van der Waals surface area contributed by atoms with Crippen molar-refractivity contribution < 1.29 is 4.52 Å². The van der Waals surface area contributed by atoms with Crippen LogP contribution in [-0.4, -0.2) is 24.7 Å². The highest BCUT2D eigenvalue weighted by atomic mass is 35.5. The van der Waals surface area contributed by atoms with E-state index < -0.39 is 11.2 Å². The summed E-state index contributed by atoms with van der Waals surface area (Å²) in [5.74, 6) is 0.443. The van der Waals surface area contributed by atoms with E-state index in [9.17, 15) is 9.59 Å². The van der Waals surface area contributed by atoms with Gasteiger partial charge in [0.15, 0.2) is 5.52 Å². The molecule has 0 saturated carbocycles. The molecule has 0 bridgehead atoms. The number of hydrogen-bond donors (Lipinski definition) is 1. The van der Waals surface area contributed by atoms with E-state index in [0.717, 1.165) is 4.57 Å². The second kappa shape index (κ2) is 5.99. The molecule has 0 aliphatic heterocycles. The van der Waals surface area contributed by atoms with E-state index in [1.807, 2.05) is 0 Å². The fourth-order valence-electron chi connectivity index (χ4n) is 2.42. The van der Waals surface area contributed by atoms with Crippen molar-refractivity contribution in [1.82, 2.24) is 24.7 Å². The molecule has 0 aliphatic rings. The summed E-state index contributed by atoms with van der Waals surface area (Å²) in [6.07, 6.45) is 1.48. The summed E-state index contributed by atoms with van der Waals surface area (Å²) in [5, 5.41) is 4.40. The van der Waals surface area contributed by atoms with E-state index in [1.165, 1.54) is 6.20 Å². The Balaban J connectivity index is 1.73. The first kappa shape index (κ1) is 15.3. The Kier molecular flexibility index (Phi) is 3.66. The van der Waals surface area contributed by atoms with Crippen LogP contribution in [0.1, 0.15) is 5.89 Å². The van der Waals surface area contributed by atoms with Gasteiger partial charge in [0.2, 0.25) is 11.7 Å². The molecule has 3 aromatic heterocycles. The number of nitrogens with one attached hydrogen (secondary N) is 1. The quantitative estimate of drug-likeness (QED) is 0.601. The second-order valence-corrected chi connectivity index (χ2v) is 5.68. The van der Waals surface area contributed by atoms with Crippen LogP contribution < -0.4 is 11.2 Å². The Morgan fingerprint density at radius 3 is 2.92 bits per heavy atom. The van der Waals surface area contributed by atoms with E-state index in [4.69, 9.17) is 16.1 Å². The van der Waals surface area contributed by atoms with Crippen molar-refractivity contribution in [3.05, 3.63) is 74.3 Å². The van der Waals surface area contributed by atoms with Gasteiger partial charge in [0.25, 0.3) is 5.56 Å². The van der Waals surface area contributed by atoms with Crippen molar-refractivity contribution in [3.63, 3.8) is 0 Å². The minimum absolute atomic E-state index is 0.123. The Bertz CT molecular complexity index is 1190. The highest BCUT2D eigenvalue weighted by Gasteiger charge is 2.14. The number of aromatic amines is 1. The van der Waals surface area contributed by atoms with E-state index in [-0.39, 0.29) is 18.0 Å². The fourth-order valence-corrected chi connectivity index (χ4v) is 2.61. The third kappa shape index (κ3) is 2.83. The number of nitrogens with zero attached hydrogens (tertiary/aromatic N) is 4. The van der Waals surface area contributed by atoms with Gasteiger partial charge >= 0.3 is 5.69 Å². The van der Waals surface area contributed by atoms with Gasteiger partial charge in [0.05, 0.1) is 5.52 Å². The standard InChI is InChI=1S/C16H10ClN5O3/c17-10-4-1-3-9(7-10)14-20-12(25-21-14)8-22-15(23)13-11(19-16(22)24)5-2-6-18-13/h1-7H,8H2,(H,19,24). The lowest BCUT2D eigenvalue weighted by atomic mass is 10.2. The minimum atomic E-state index is -0.576. The molecule has 0 aliphatic carbocycles. The lowest BCUT2D eigenvalue weighted by Gasteiger charge is -2.02. The lowest BCUT2D eigenvalue weighted by molar-refractivity contribution is 0.368. The number of aromatic nitrogens is 5. The Hall–Kier alpha value is -3.26. The molecule has 4 aromatic rings. The van der Waals surface area contributed by atoms with Crippen molar-refractivity contribution in [2.24, 2.45) is 0 Å². The van der Waals surface area contributed by atoms with Crippen LogP contribution in [0.3, 0.4) is 0 Å². The smallest absolute Gasteiger partial charge is 0.329 e. The molecular formula is C16H10ClN5O3. The number of fused-ring (bicyclic) bond motifs is 1. The van der Waals surface area contributed by atoms with Gasteiger partial charge in [-0.2, -0.15) is 4.98 Å². The minimum Gasteiger partial charge on any atom is -0.337 e. The molecular weight excluding hydrogens is 346 g/mol.